The van der Waals surface area contributed by atoms with Crippen LogP contribution in [-0.2, 0) is 16.1 Å². The molecule has 0 fully saturated rings. The van der Waals surface area contributed by atoms with Crippen LogP contribution in [-0.4, -0.2) is 34.0 Å². The molecule has 3 aromatic rings. The summed E-state index contributed by atoms with van der Waals surface area (Å²) in [6.07, 6.45) is 0. The molecule has 0 aliphatic rings. The number of thiophene rings is 1. The second kappa shape index (κ2) is 6.40. The average Bonchev–Trinajstić information content (AvgIpc) is 3.09. The average molecular weight is 344 g/mol. The Morgan fingerprint density at radius 3 is 2.79 bits per heavy atom. The van der Waals surface area contributed by atoms with Gasteiger partial charge in [-0.1, -0.05) is 17.3 Å². The van der Waals surface area contributed by atoms with Gasteiger partial charge in [-0.3, -0.25) is 4.79 Å². The summed E-state index contributed by atoms with van der Waals surface area (Å²) >= 11 is 1.35. The number of fused-ring (bicyclic) bond motifs is 1. The van der Waals surface area contributed by atoms with Gasteiger partial charge in [0.2, 0.25) is 5.91 Å². The lowest BCUT2D eigenvalue weighted by molar-refractivity contribution is -0.116. The van der Waals surface area contributed by atoms with E-state index >= 15 is 0 Å². The van der Waals surface area contributed by atoms with Crippen molar-refractivity contribution in [3.05, 3.63) is 40.3 Å². The number of methoxy groups -OCH3 is 1. The molecule has 2 aromatic heterocycles. The molecule has 1 aromatic carbocycles. The molecule has 7 nitrogen and oxygen atoms in total. The number of nitrogens with zero attached hydrogens (tertiary/aromatic N) is 3. The number of ether oxygens (including phenoxy) is 1. The Balaban J connectivity index is 1.83. The third kappa shape index (κ3) is 2.88. The van der Waals surface area contributed by atoms with Gasteiger partial charge in [-0.15, -0.1) is 16.4 Å². The summed E-state index contributed by atoms with van der Waals surface area (Å²) in [5.41, 5.74) is 2.72. The highest BCUT2D eigenvalue weighted by molar-refractivity contribution is 7.16. The molecule has 1 N–H and O–H groups in total. The van der Waals surface area contributed by atoms with Gasteiger partial charge in [-0.05, 0) is 31.5 Å². The van der Waals surface area contributed by atoms with Crippen LogP contribution >= 0.6 is 11.3 Å². The number of carbonyl (C=O) groups is 2. The number of aryl methyl sites for hydroxylation is 1. The number of nitrogens with one attached hydrogen (secondary N) is 1. The van der Waals surface area contributed by atoms with Crippen molar-refractivity contribution in [1.82, 2.24) is 15.0 Å². The Bertz CT molecular complexity index is 929. The van der Waals surface area contributed by atoms with E-state index in [1.807, 2.05) is 38.1 Å². The second-order valence-electron chi connectivity index (χ2n) is 5.26. The third-order valence-corrected chi connectivity index (χ3v) is 4.86. The van der Waals surface area contributed by atoms with Crippen LogP contribution in [0.5, 0.6) is 0 Å². The quantitative estimate of drug-likeness (QED) is 0.735. The molecule has 0 radical (unpaired) electrons. The van der Waals surface area contributed by atoms with E-state index in [4.69, 9.17) is 4.74 Å². The van der Waals surface area contributed by atoms with Gasteiger partial charge in [0.25, 0.3) is 0 Å². The SMILES string of the molecule is COC(=O)c1c(NC(=O)Cn2nnc3ccccc32)sc(C)c1C. The maximum Gasteiger partial charge on any atom is 0.341 e. The van der Waals surface area contributed by atoms with E-state index in [2.05, 4.69) is 15.6 Å². The van der Waals surface area contributed by atoms with Crippen LogP contribution in [0, 0.1) is 13.8 Å². The third-order valence-electron chi connectivity index (χ3n) is 3.74. The standard InChI is InChI=1S/C16H16N4O3S/c1-9-10(2)24-15(14(9)16(22)23-3)17-13(21)8-20-12-7-5-4-6-11(12)18-19-20/h4-7H,8H2,1-3H3,(H,17,21). The van der Waals surface area contributed by atoms with Gasteiger partial charge in [0.15, 0.2) is 0 Å². The van der Waals surface area contributed by atoms with E-state index in [1.165, 1.54) is 23.1 Å². The number of hydrogen-bond donors (Lipinski definition) is 1. The first-order valence-electron chi connectivity index (χ1n) is 7.27. The fourth-order valence-electron chi connectivity index (χ4n) is 2.40. The predicted molar refractivity (Wildman–Crippen MR) is 91.3 cm³/mol. The summed E-state index contributed by atoms with van der Waals surface area (Å²) in [5, 5.41) is 11.3. The molecule has 0 bridgehead atoms. The number of aromatic nitrogens is 3. The highest BCUT2D eigenvalue weighted by Crippen LogP contribution is 2.32. The van der Waals surface area contributed by atoms with Crippen LogP contribution < -0.4 is 5.32 Å². The first kappa shape index (κ1) is 16.1. The van der Waals surface area contributed by atoms with Gasteiger partial charge in [-0.2, -0.15) is 0 Å². The molecule has 3 rings (SSSR count). The summed E-state index contributed by atoms with van der Waals surface area (Å²) in [6.45, 7) is 3.74. The Morgan fingerprint density at radius 2 is 2.04 bits per heavy atom. The number of benzene rings is 1. The van der Waals surface area contributed by atoms with Crippen molar-refractivity contribution >= 4 is 39.2 Å². The number of esters is 1. The Morgan fingerprint density at radius 1 is 1.29 bits per heavy atom. The number of hydrogen-bond acceptors (Lipinski definition) is 6. The van der Waals surface area contributed by atoms with Crippen molar-refractivity contribution in [2.24, 2.45) is 0 Å². The molecule has 2 heterocycles. The minimum atomic E-state index is -0.460. The van der Waals surface area contributed by atoms with Crippen molar-refractivity contribution in [1.29, 1.82) is 0 Å². The molecule has 0 aliphatic carbocycles. The highest BCUT2D eigenvalue weighted by atomic mass is 32.1. The van der Waals surface area contributed by atoms with Crippen LogP contribution in [0.1, 0.15) is 20.8 Å². The molecule has 0 atom stereocenters. The van der Waals surface area contributed by atoms with E-state index in [-0.39, 0.29) is 12.5 Å². The summed E-state index contributed by atoms with van der Waals surface area (Å²) in [4.78, 5) is 25.3. The van der Waals surface area contributed by atoms with Gasteiger partial charge in [0, 0.05) is 4.88 Å². The van der Waals surface area contributed by atoms with Crippen molar-refractivity contribution in [2.75, 3.05) is 12.4 Å². The van der Waals surface area contributed by atoms with Crippen LogP contribution in [0.3, 0.4) is 0 Å². The first-order valence-corrected chi connectivity index (χ1v) is 8.09. The minimum absolute atomic E-state index is 0.0110. The zero-order valence-electron chi connectivity index (χ0n) is 13.5. The number of amides is 1. The normalized spacial score (nSPS) is 10.8. The molecule has 0 unspecified atom stereocenters. The van der Waals surface area contributed by atoms with Crippen LogP contribution in [0.15, 0.2) is 24.3 Å². The van der Waals surface area contributed by atoms with Gasteiger partial charge in [0.1, 0.15) is 17.1 Å². The van der Waals surface area contributed by atoms with E-state index in [0.717, 1.165) is 21.5 Å². The lowest BCUT2D eigenvalue weighted by Gasteiger charge is -2.06. The number of rotatable bonds is 4. The molecule has 0 saturated heterocycles. The van der Waals surface area contributed by atoms with Crippen LogP contribution in [0.4, 0.5) is 5.00 Å². The van der Waals surface area contributed by atoms with Crippen LogP contribution in [0.2, 0.25) is 0 Å². The monoisotopic (exact) mass is 344 g/mol. The summed E-state index contributed by atoms with van der Waals surface area (Å²) in [5.74, 6) is -0.740. The highest BCUT2D eigenvalue weighted by Gasteiger charge is 2.21. The molecular weight excluding hydrogens is 328 g/mol. The number of anilines is 1. The Kier molecular flexibility index (Phi) is 4.30. The summed E-state index contributed by atoms with van der Waals surface area (Å²) < 4.78 is 6.33. The van der Waals surface area contributed by atoms with Gasteiger partial charge < -0.3 is 10.1 Å². The number of carbonyl (C=O) groups excluding carboxylic acids is 2. The van der Waals surface area contributed by atoms with E-state index < -0.39 is 5.97 Å². The molecule has 0 spiro atoms. The second-order valence-corrected chi connectivity index (χ2v) is 6.49. The lowest BCUT2D eigenvalue weighted by Crippen LogP contribution is -2.20. The van der Waals surface area contributed by atoms with Crippen molar-refractivity contribution in [3.63, 3.8) is 0 Å². The number of para-hydroxylation sites is 1. The zero-order valence-corrected chi connectivity index (χ0v) is 14.3. The van der Waals surface area contributed by atoms with E-state index in [1.54, 1.807) is 0 Å². The van der Waals surface area contributed by atoms with Crippen molar-refractivity contribution in [3.8, 4) is 0 Å². The molecular formula is C16H16N4O3S. The lowest BCUT2D eigenvalue weighted by atomic mass is 10.1. The Labute approximate surface area is 142 Å². The van der Waals surface area contributed by atoms with E-state index in [0.29, 0.717) is 10.6 Å². The zero-order chi connectivity index (χ0) is 17.3. The Hall–Kier alpha value is -2.74. The predicted octanol–water partition coefficient (Wildman–Crippen LogP) is 2.53. The molecule has 8 heteroatoms. The molecule has 24 heavy (non-hydrogen) atoms. The molecule has 1 amide bonds. The summed E-state index contributed by atoms with van der Waals surface area (Å²) in [6, 6.07) is 7.41. The van der Waals surface area contributed by atoms with Gasteiger partial charge in [-0.25, -0.2) is 9.48 Å². The fourth-order valence-corrected chi connectivity index (χ4v) is 3.46. The molecule has 0 aliphatic heterocycles. The fraction of sp³-hybridized carbons (Fsp3) is 0.250. The van der Waals surface area contributed by atoms with Gasteiger partial charge in [0.05, 0.1) is 18.2 Å². The van der Waals surface area contributed by atoms with Crippen molar-refractivity contribution < 1.29 is 14.3 Å². The van der Waals surface area contributed by atoms with Crippen molar-refractivity contribution in [2.45, 2.75) is 20.4 Å². The maximum atomic E-state index is 12.4. The molecule has 0 saturated carbocycles. The van der Waals surface area contributed by atoms with Gasteiger partial charge >= 0.3 is 5.97 Å². The topological polar surface area (TPSA) is 86.1 Å². The smallest absolute Gasteiger partial charge is 0.341 e. The molecule has 124 valence electrons. The first-order chi connectivity index (χ1) is 11.5. The largest absolute Gasteiger partial charge is 0.465 e. The van der Waals surface area contributed by atoms with E-state index in [9.17, 15) is 9.59 Å². The maximum absolute atomic E-state index is 12.4. The summed E-state index contributed by atoms with van der Waals surface area (Å²) in [7, 11) is 1.32. The van der Waals surface area contributed by atoms with Crippen LogP contribution in [0.25, 0.3) is 11.0 Å². The minimum Gasteiger partial charge on any atom is -0.465 e.